The van der Waals surface area contributed by atoms with Crippen molar-refractivity contribution in [3.8, 4) is 0 Å². The van der Waals surface area contributed by atoms with Crippen molar-refractivity contribution in [3.05, 3.63) is 22.7 Å². The molecule has 1 saturated heterocycles. The van der Waals surface area contributed by atoms with Crippen LogP contribution in [0, 0.1) is 0 Å². The van der Waals surface area contributed by atoms with Crippen LogP contribution in [0.4, 0.5) is 5.82 Å². The van der Waals surface area contributed by atoms with Gasteiger partial charge in [0.15, 0.2) is 5.82 Å². The first-order chi connectivity index (χ1) is 6.68. The van der Waals surface area contributed by atoms with Crippen molar-refractivity contribution >= 4 is 5.82 Å². The fourth-order valence-corrected chi connectivity index (χ4v) is 1.85. The molecule has 0 spiro atoms. The van der Waals surface area contributed by atoms with Crippen molar-refractivity contribution < 1.29 is 5.11 Å². The van der Waals surface area contributed by atoms with Crippen LogP contribution in [0.3, 0.4) is 0 Å². The minimum atomic E-state index is -0.355. The van der Waals surface area contributed by atoms with Gasteiger partial charge < -0.3 is 15.0 Å². The first-order valence-corrected chi connectivity index (χ1v) is 4.67. The van der Waals surface area contributed by atoms with E-state index < -0.39 is 0 Å². The molecule has 5 nitrogen and oxygen atoms in total. The monoisotopic (exact) mass is 195 g/mol. The molecule has 5 heteroatoms. The third-order valence-electron chi connectivity index (χ3n) is 2.51. The molecule has 0 amide bonds. The predicted octanol–water partition coefficient (Wildman–Crippen LogP) is -0.271. The molecule has 2 rings (SSSR count). The SMILES string of the molecule is CC1CC(O)CN1c1ncc[nH]c1=O. The van der Waals surface area contributed by atoms with Gasteiger partial charge >= 0.3 is 0 Å². The molecule has 76 valence electrons. The quantitative estimate of drug-likeness (QED) is 0.647. The topological polar surface area (TPSA) is 69.2 Å². The number of β-amino-alcohol motifs (C(OH)–C–C–N with tert-alkyl or cyclic N) is 1. The zero-order valence-corrected chi connectivity index (χ0v) is 7.97. The van der Waals surface area contributed by atoms with Crippen LogP contribution in [0.2, 0.25) is 0 Å². The molecule has 1 aromatic rings. The van der Waals surface area contributed by atoms with E-state index in [1.54, 1.807) is 6.20 Å². The Bertz CT molecular complexity index is 376. The van der Waals surface area contributed by atoms with Crippen molar-refractivity contribution in [2.24, 2.45) is 0 Å². The number of aromatic nitrogens is 2. The minimum Gasteiger partial charge on any atom is -0.391 e. The second-order valence-corrected chi connectivity index (χ2v) is 3.63. The van der Waals surface area contributed by atoms with Crippen molar-refractivity contribution in [3.63, 3.8) is 0 Å². The van der Waals surface area contributed by atoms with E-state index in [1.165, 1.54) is 6.20 Å². The molecule has 2 unspecified atom stereocenters. The van der Waals surface area contributed by atoms with Crippen LogP contribution in [-0.2, 0) is 0 Å². The number of hydrogen-bond donors (Lipinski definition) is 2. The third-order valence-corrected chi connectivity index (χ3v) is 2.51. The second kappa shape index (κ2) is 3.42. The van der Waals surface area contributed by atoms with E-state index in [0.29, 0.717) is 18.8 Å². The van der Waals surface area contributed by atoms with Gasteiger partial charge in [-0.3, -0.25) is 4.79 Å². The smallest absolute Gasteiger partial charge is 0.290 e. The molecule has 1 aliphatic rings. The van der Waals surface area contributed by atoms with Gasteiger partial charge in [0.25, 0.3) is 5.56 Å². The number of nitrogens with one attached hydrogen (secondary N) is 1. The highest BCUT2D eigenvalue weighted by Crippen LogP contribution is 2.20. The lowest BCUT2D eigenvalue weighted by Gasteiger charge is -2.20. The number of aromatic amines is 1. The molecule has 1 fully saturated rings. The Hall–Kier alpha value is -1.36. The molecular weight excluding hydrogens is 182 g/mol. The van der Waals surface area contributed by atoms with Crippen LogP contribution in [0.5, 0.6) is 0 Å². The molecular formula is C9H13N3O2. The zero-order chi connectivity index (χ0) is 10.1. The van der Waals surface area contributed by atoms with Gasteiger partial charge in [-0.15, -0.1) is 0 Å². The van der Waals surface area contributed by atoms with Gasteiger partial charge in [0, 0.05) is 25.0 Å². The molecule has 2 atom stereocenters. The highest BCUT2D eigenvalue weighted by atomic mass is 16.3. The maximum Gasteiger partial charge on any atom is 0.290 e. The standard InChI is InChI=1S/C9H13N3O2/c1-6-4-7(13)5-12(6)8-9(14)11-3-2-10-8/h2-3,6-7,13H,4-5H2,1H3,(H,11,14). The van der Waals surface area contributed by atoms with Crippen molar-refractivity contribution in [1.82, 2.24) is 9.97 Å². The van der Waals surface area contributed by atoms with E-state index in [1.807, 2.05) is 11.8 Å². The summed E-state index contributed by atoms with van der Waals surface area (Å²) in [5.41, 5.74) is -0.201. The highest BCUT2D eigenvalue weighted by Gasteiger charge is 2.29. The molecule has 0 bridgehead atoms. The van der Waals surface area contributed by atoms with E-state index in [0.717, 1.165) is 0 Å². The molecule has 1 aliphatic heterocycles. The van der Waals surface area contributed by atoms with Crippen molar-refractivity contribution in [2.45, 2.75) is 25.5 Å². The first kappa shape index (κ1) is 9.21. The highest BCUT2D eigenvalue weighted by molar-refractivity contribution is 5.38. The summed E-state index contributed by atoms with van der Waals surface area (Å²) in [5.74, 6) is 0.400. The molecule has 0 aliphatic carbocycles. The Kier molecular flexibility index (Phi) is 2.25. The number of H-pyrrole nitrogens is 1. The number of nitrogens with zero attached hydrogens (tertiary/aromatic N) is 2. The number of anilines is 1. The molecule has 0 aromatic carbocycles. The van der Waals surface area contributed by atoms with Gasteiger partial charge in [0.05, 0.1) is 6.10 Å². The lowest BCUT2D eigenvalue weighted by atomic mass is 10.2. The van der Waals surface area contributed by atoms with Crippen LogP contribution in [0.1, 0.15) is 13.3 Å². The normalized spacial score (nSPS) is 26.9. The minimum absolute atomic E-state index is 0.168. The summed E-state index contributed by atoms with van der Waals surface area (Å²) in [6.45, 7) is 2.46. The van der Waals surface area contributed by atoms with Gasteiger partial charge in [-0.05, 0) is 13.3 Å². The Labute approximate surface area is 81.4 Å². The molecule has 2 heterocycles. The van der Waals surface area contributed by atoms with E-state index >= 15 is 0 Å². The fourth-order valence-electron chi connectivity index (χ4n) is 1.85. The van der Waals surface area contributed by atoms with Gasteiger partial charge in [0.2, 0.25) is 0 Å². The molecule has 0 radical (unpaired) electrons. The number of aliphatic hydroxyl groups is 1. The van der Waals surface area contributed by atoms with Gasteiger partial charge in [-0.25, -0.2) is 4.98 Å². The summed E-state index contributed by atoms with van der Waals surface area (Å²) in [4.78, 5) is 19.8. The molecule has 2 N–H and O–H groups in total. The Balaban J connectivity index is 2.32. The fraction of sp³-hybridized carbons (Fsp3) is 0.556. The predicted molar refractivity (Wildman–Crippen MR) is 52.3 cm³/mol. The lowest BCUT2D eigenvalue weighted by molar-refractivity contribution is 0.195. The van der Waals surface area contributed by atoms with Crippen LogP contribution >= 0.6 is 0 Å². The average molecular weight is 195 g/mol. The second-order valence-electron chi connectivity index (χ2n) is 3.63. The Morgan fingerprint density at radius 2 is 2.50 bits per heavy atom. The molecule has 0 saturated carbocycles. The average Bonchev–Trinajstić information content (AvgIpc) is 2.46. The number of aliphatic hydroxyl groups excluding tert-OH is 1. The Morgan fingerprint density at radius 3 is 3.07 bits per heavy atom. The van der Waals surface area contributed by atoms with Crippen LogP contribution < -0.4 is 10.5 Å². The van der Waals surface area contributed by atoms with Gasteiger partial charge in [0.1, 0.15) is 0 Å². The van der Waals surface area contributed by atoms with E-state index in [4.69, 9.17) is 0 Å². The zero-order valence-electron chi connectivity index (χ0n) is 7.97. The largest absolute Gasteiger partial charge is 0.391 e. The maximum absolute atomic E-state index is 11.4. The summed E-state index contributed by atoms with van der Waals surface area (Å²) in [5, 5.41) is 9.44. The molecule has 1 aromatic heterocycles. The number of hydrogen-bond acceptors (Lipinski definition) is 4. The van der Waals surface area contributed by atoms with Crippen molar-refractivity contribution in [2.75, 3.05) is 11.4 Å². The summed E-state index contributed by atoms with van der Waals surface area (Å²) in [6.07, 6.45) is 3.39. The first-order valence-electron chi connectivity index (χ1n) is 4.67. The summed E-state index contributed by atoms with van der Waals surface area (Å²) in [7, 11) is 0. The van der Waals surface area contributed by atoms with E-state index in [2.05, 4.69) is 9.97 Å². The third kappa shape index (κ3) is 1.50. The summed E-state index contributed by atoms with van der Waals surface area (Å²) in [6, 6.07) is 0.168. The van der Waals surface area contributed by atoms with Gasteiger partial charge in [-0.1, -0.05) is 0 Å². The molecule has 14 heavy (non-hydrogen) atoms. The van der Waals surface area contributed by atoms with Crippen LogP contribution in [-0.4, -0.2) is 33.8 Å². The maximum atomic E-state index is 11.4. The van der Waals surface area contributed by atoms with Crippen LogP contribution in [0.25, 0.3) is 0 Å². The van der Waals surface area contributed by atoms with Crippen LogP contribution in [0.15, 0.2) is 17.2 Å². The summed E-state index contributed by atoms with van der Waals surface area (Å²) < 4.78 is 0. The van der Waals surface area contributed by atoms with Crippen molar-refractivity contribution in [1.29, 1.82) is 0 Å². The van der Waals surface area contributed by atoms with E-state index in [9.17, 15) is 9.90 Å². The van der Waals surface area contributed by atoms with E-state index in [-0.39, 0.29) is 17.7 Å². The Morgan fingerprint density at radius 1 is 1.71 bits per heavy atom. The van der Waals surface area contributed by atoms with Gasteiger partial charge in [-0.2, -0.15) is 0 Å². The lowest BCUT2D eigenvalue weighted by Crippen LogP contribution is -2.33. The number of rotatable bonds is 1. The summed E-state index contributed by atoms with van der Waals surface area (Å²) >= 11 is 0.